The molecule has 0 unspecified atom stereocenters. The number of thioether (sulfide) groups is 2. The highest BCUT2D eigenvalue weighted by atomic mass is 32.2. The fourth-order valence-corrected chi connectivity index (χ4v) is 9.20. The zero-order valence-corrected chi connectivity index (χ0v) is 39.3. The molecule has 0 aliphatic carbocycles. The Kier molecular flexibility index (Phi) is 18.7. The van der Waals surface area contributed by atoms with Crippen molar-refractivity contribution in [2.45, 2.75) is 73.1 Å². The molecule has 0 spiro atoms. The van der Waals surface area contributed by atoms with Gasteiger partial charge in [-0.05, 0) is 61.4 Å². The van der Waals surface area contributed by atoms with Crippen LogP contribution in [0.4, 0.5) is 53.3 Å². The van der Waals surface area contributed by atoms with Gasteiger partial charge in [-0.3, -0.25) is 51.5 Å². The topological polar surface area (TPSA) is 302 Å². The van der Waals surface area contributed by atoms with E-state index in [0.717, 1.165) is 84.7 Å². The Morgan fingerprint density at radius 1 is 0.574 bits per heavy atom. The molecule has 0 aliphatic heterocycles. The van der Waals surface area contributed by atoms with Gasteiger partial charge in [0.15, 0.2) is 8.68 Å². The molecular weight excluding hydrogens is 957 g/mol. The third-order valence-corrected chi connectivity index (χ3v) is 13.0. The molecule has 0 saturated carbocycles. The monoisotopic (exact) mass is 1000 g/mol. The number of urea groups is 2. The van der Waals surface area contributed by atoms with E-state index in [-0.39, 0.29) is 11.4 Å². The van der Waals surface area contributed by atoms with Crippen molar-refractivity contribution in [2.75, 3.05) is 21.5 Å². The second kappa shape index (κ2) is 25.5. The SMILES string of the molecule is CCCCCCCCCC(NC(=O)Nc1ccc(NNC(=O)Sc2nnc(-c3cccc([N+](=O)[O-])c3)s2)cc1)NC(=O)Nc1ccc(NNC(=O)Sc2nnc(-c3cccc([N+](=O)[O-])c3)s2)cc1. The first-order valence-corrected chi connectivity index (χ1v) is 24.2. The molecular formula is C42H44N14O8S4. The molecule has 354 valence electrons. The van der Waals surface area contributed by atoms with E-state index in [1.165, 1.54) is 30.7 Å². The summed E-state index contributed by atoms with van der Waals surface area (Å²) in [6.07, 6.45) is 7.12. The number of carbonyl (C=O) groups excluding carboxylic acids is 4. The summed E-state index contributed by atoms with van der Waals surface area (Å²) >= 11 is 3.82. The van der Waals surface area contributed by atoms with Gasteiger partial charge in [-0.15, -0.1) is 20.4 Å². The maximum absolute atomic E-state index is 13.1. The van der Waals surface area contributed by atoms with Crippen LogP contribution in [0, 0.1) is 20.2 Å². The average Bonchev–Trinajstić information content (AvgIpc) is 4.01. The van der Waals surface area contributed by atoms with Crippen molar-refractivity contribution in [3.05, 3.63) is 117 Å². The van der Waals surface area contributed by atoms with Crippen molar-refractivity contribution in [1.29, 1.82) is 0 Å². The highest BCUT2D eigenvalue weighted by Crippen LogP contribution is 2.33. The highest BCUT2D eigenvalue weighted by molar-refractivity contribution is 8.15. The van der Waals surface area contributed by atoms with Gasteiger partial charge in [0.25, 0.3) is 11.4 Å². The van der Waals surface area contributed by atoms with Gasteiger partial charge in [0.05, 0.1) is 21.2 Å². The maximum Gasteiger partial charge on any atom is 0.320 e. The molecule has 26 heteroatoms. The van der Waals surface area contributed by atoms with Crippen LogP contribution in [-0.4, -0.2) is 58.9 Å². The molecule has 2 aromatic heterocycles. The molecule has 2 heterocycles. The van der Waals surface area contributed by atoms with E-state index < -0.39 is 38.6 Å². The molecule has 0 atom stereocenters. The molecule has 6 amide bonds. The van der Waals surface area contributed by atoms with Crippen LogP contribution in [0.25, 0.3) is 21.1 Å². The minimum absolute atomic E-state index is 0.0813. The molecule has 6 rings (SSSR count). The van der Waals surface area contributed by atoms with Gasteiger partial charge in [0.2, 0.25) is 0 Å². The maximum atomic E-state index is 13.1. The van der Waals surface area contributed by atoms with Gasteiger partial charge in [-0.1, -0.05) is 92.4 Å². The largest absolute Gasteiger partial charge is 0.320 e. The van der Waals surface area contributed by atoms with Crippen LogP contribution in [-0.2, 0) is 0 Å². The molecule has 0 bridgehead atoms. The highest BCUT2D eigenvalue weighted by Gasteiger charge is 2.18. The van der Waals surface area contributed by atoms with Gasteiger partial charge < -0.3 is 21.3 Å². The van der Waals surface area contributed by atoms with Gasteiger partial charge in [-0.2, -0.15) is 0 Å². The number of unbranched alkanes of at least 4 members (excludes halogenated alkanes) is 6. The van der Waals surface area contributed by atoms with E-state index in [1.54, 1.807) is 72.8 Å². The number of hydrogen-bond acceptors (Lipinski definition) is 18. The average molecular weight is 1000 g/mol. The van der Waals surface area contributed by atoms with E-state index in [4.69, 9.17) is 0 Å². The van der Waals surface area contributed by atoms with Gasteiger partial charge >= 0.3 is 22.5 Å². The third-order valence-electron chi connectivity index (χ3n) is 9.39. The summed E-state index contributed by atoms with van der Waals surface area (Å²) in [6.45, 7) is 2.16. The molecule has 0 fully saturated rings. The number of carbonyl (C=O) groups is 4. The zero-order valence-electron chi connectivity index (χ0n) is 36.1. The van der Waals surface area contributed by atoms with E-state index >= 15 is 0 Å². The van der Waals surface area contributed by atoms with Gasteiger partial charge in [0.1, 0.15) is 16.2 Å². The lowest BCUT2D eigenvalue weighted by Gasteiger charge is -2.21. The lowest BCUT2D eigenvalue weighted by atomic mass is 10.1. The van der Waals surface area contributed by atoms with Gasteiger partial charge in [0, 0.05) is 70.3 Å². The normalized spacial score (nSPS) is 10.7. The Morgan fingerprint density at radius 3 is 1.41 bits per heavy atom. The lowest BCUT2D eigenvalue weighted by molar-refractivity contribution is -0.385. The molecule has 8 N–H and O–H groups in total. The van der Waals surface area contributed by atoms with Crippen molar-refractivity contribution < 1.29 is 29.0 Å². The summed E-state index contributed by atoms with van der Waals surface area (Å²) in [4.78, 5) is 72.7. The quantitative estimate of drug-likeness (QED) is 0.0103. The summed E-state index contributed by atoms with van der Waals surface area (Å²) in [7, 11) is 0. The van der Waals surface area contributed by atoms with Crippen molar-refractivity contribution in [1.82, 2.24) is 41.9 Å². The first-order chi connectivity index (χ1) is 32.9. The second-order valence-electron chi connectivity index (χ2n) is 14.5. The van der Waals surface area contributed by atoms with E-state index in [1.807, 2.05) is 0 Å². The molecule has 22 nitrogen and oxygen atoms in total. The van der Waals surface area contributed by atoms with E-state index in [9.17, 15) is 39.4 Å². The Bertz CT molecular complexity index is 2520. The predicted octanol–water partition coefficient (Wildman–Crippen LogP) is 10.6. The summed E-state index contributed by atoms with van der Waals surface area (Å²) in [5.74, 6) is 0. The zero-order chi connectivity index (χ0) is 48.3. The van der Waals surface area contributed by atoms with Crippen LogP contribution in [0.3, 0.4) is 0 Å². The Morgan fingerprint density at radius 2 is 0.985 bits per heavy atom. The number of nitrogens with zero attached hydrogens (tertiary/aromatic N) is 6. The van der Waals surface area contributed by atoms with Gasteiger partial charge in [-0.25, -0.2) is 9.59 Å². The number of non-ortho nitro benzene ring substituents is 2. The molecule has 4 aromatic carbocycles. The summed E-state index contributed by atoms with van der Waals surface area (Å²) < 4.78 is 0.672. The third kappa shape index (κ3) is 16.2. The van der Waals surface area contributed by atoms with Crippen LogP contribution in [0.1, 0.15) is 58.3 Å². The first kappa shape index (κ1) is 50.0. The number of nitro benzene ring substituents is 2. The number of anilines is 4. The summed E-state index contributed by atoms with van der Waals surface area (Å²) in [5, 5.41) is 49.4. The van der Waals surface area contributed by atoms with E-state index in [2.05, 4.69) is 70.3 Å². The first-order valence-electron chi connectivity index (χ1n) is 20.9. The Labute approximate surface area is 404 Å². The number of nitro groups is 2. The minimum Gasteiger partial charge on any atom is -0.318 e. The molecule has 0 radical (unpaired) electrons. The van der Waals surface area contributed by atoms with E-state index in [0.29, 0.717) is 59.0 Å². The Balaban J connectivity index is 0.939. The van der Waals surface area contributed by atoms with Crippen LogP contribution in [0.15, 0.2) is 106 Å². The fraction of sp³-hybridized carbons (Fsp3) is 0.238. The number of aromatic nitrogens is 4. The summed E-state index contributed by atoms with van der Waals surface area (Å²) in [5.41, 5.74) is 13.5. The molecule has 6 aromatic rings. The van der Waals surface area contributed by atoms with Crippen molar-refractivity contribution in [3.8, 4) is 21.1 Å². The van der Waals surface area contributed by atoms with Crippen molar-refractivity contribution in [3.63, 3.8) is 0 Å². The fourth-order valence-electron chi connectivity index (χ4n) is 6.11. The standard InChI is InChI=1S/C42H44N14O8S4/c1-2-3-4-5-6-7-8-15-34(45-37(57)43-28-16-20-30(21-17-28)47-51-39(59)67-41-53-49-35(65-41)26-11-9-13-32(24-26)55(61)62)46-38(58)44-29-18-22-31(23-19-29)48-52-40(60)68-42-54-50-36(66-42)27-12-10-14-33(25-27)56(63)64/h9-14,16-25,34,47-48H,2-8,15H2,1H3,(H,51,59)(H,52,60)(H2,43,45,57)(H2,44,46,58). The summed E-state index contributed by atoms with van der Waals surface area (Å²) in [6, 6.07) is 23.9. The van der Waals surface area contributed by atoms with Crippen molar-refractivity contribution in [2.24, 2.45) is 0 Å². The number of hydrogen-bond donors (Lipinski definition) is 8. The van der Waals surface area contributed by atoms with Crippen molar-refractivity contribution >= 4 is 103 Å². The number of benzene rings is 4. The van der Waals surface area contributed by atoms with Crippen LogP contribution in [0.5, 0.6) is 0 Å². The Hall–Kier alpha value is -7.42. The minimum atomic E-state index is -0.710. The number of nitrogens with one attached hydrogen (secondary N) is 8. The number of hydrazine groups is 2. The number of rotatable bonds is 22. The number of amides is 6. The molecule has 0 aliphatic rings. The smallest absolute Gasteiger partial charge is 0.318 e. The second-order valence-corrected chi connectivity index (χ2v) is 18.8. The molecule has 0 saturated heterocycles. The molecule has 68 heavy (non-hydrogen) atoms. The van der Waals surface area contributed by atoms with Crippen LogP contribution < -0.4 is 43.0 Å². The predicted molar refractivity (Wildman–Crippen MR) is 264 cm³/mol. The van der Waals surface area contributed by atoms with Crippen LogP contribution in [0.2, 0.25) is 0 Å². The lowest BCUT2D eigenvalue weighted by Crippen LogP contribution is -2.50. The van der Waals surface area contributed by atoms with Crippen LogP contribution >= 0.6 is 46.2 Å².